The van der Waals surface area contributed by atoms with Crippen molar-refractivity contribution in [2.24, 2.45) is 21.7 Å². The number of phenols is 1. The van der Waals surface area contributed by atoms with Gasteiger partial charge in [0.25, 0.3) is 0 Å². The Bertz CT molecular complexity index is 701. The van der Waals surface area contributed by atoms with Crippen LogP contribution >= 0.6 is 0 Å². The van der Waals surface area contributed by atoms with Crippen LogP contribution in [0.2, 0.25) is 0 Å². The van der Waals surface area contributed by atoms with Gasteiger partial charge in [0.05, 0.1) is 5.69 Å². The van der Waals surface area contributed by atoms with Gasteiger partial charge in [-0.15, -0.1) is 10.2 Å². The van der Waals surface area contributed by atoms with E-state index < -0.39 is 11.9 Å². The number of azo groups is 1. The molecule has 0 bridgehead atoms. The molecule has 1 aromatic heterocycles. The third kappa shape index (κ3) is 3.31. The summed E-state index contributed by atoms with van der Waals surface area (Å²) in [5.41, 5.74) is 17.2. The van der Waals surface area contributed by atoms with Crippen LogP contribution in [0.5, 0.6) is 5.75 Å². The van der Waals surface area contributed by atoms with Gasteiger partial charge in [0.15, 0.2) is 5.82 Å². The van der Waals surface area contributed by atoms with E-state index in [1.54, 1.807) is 18.2 Å². The zero-order chi connectivity index (χ0) is 15.4. The van der Waals surface area contributed by atoms with Crippen molar-refractivity contribution in [2.75, 3.05) is 5.73 Å². The van der Waals surface area contributed by atoms with Crippen LogP contribution in [0, 0.1) is 0 Å². The molecule has 0 saturated carbocycles. The topological polar surface area (TPSA) is 153 Å². The van der Waals surface area contributed by atoms with Crippen LogP contribution < -0.4 is 17.2 Å². The van der Waals surface area contributed by atoms with E-state index in [9.17, 15) is 9.90 Å². The lowest BCUT2D eigenvalue weighted by molar-refractivity contribution is -0.119. The van der Waals surface area contributed by atoms with E-state index in [1.165, 1.54) is 18.2 Å². The second-order valence-electron chi connectivity index (χ2n) is 4.21. The van der Waals surface area contributed by atoms with Crippen molar-refractivity contribution in [3.05, 3.63) is 42.1 Å². The Morgan fingerprint density at radius 3 is 2.43 bits per heavy atom. The highest BCUT2D eigenvalue weighted by Crippen LogP contribution is 2.29. The summed E-state index contributed by atoms with van der Waals surface area (Å²) in [6.07, 6.45) is 0. The highest BCUT2D eigenvalue weighted by Gasteiger charge is 2.15. The highest BCUT2D eigenvalue weighted by molar-refractivity contribution is 5.81. The molecule has 1 heterocycles. The van der Waals surface area contributed by atoms with E-state index in [-0.39, 0.29) is 17.3 Å². The Morgan fingerprint density at radius 1 is 1.14 bits per heavy atom. The molecule has 0 aliphatic rings. The van der Waals surface area contributed by atoms with Gasteiger partial charge < -0.3 is 22.3 Å². The highest BCUT2D eigenvalue weighted by atomic mass is 16.3. The zero-order valence-corrected chi connectivity index (χ0v) is 11.0. The van der Waals surface area contributed by atoms with Crippen molar-refractivity contribution in [1.82, 2.24) is 4.98 Å². The zero-order valence-electron chi connectivity index (χ0n) is 11.0. The number of aromatic hydroxyl groups is 1. The number of carbonyl (C=O) groups excluding carboxylic acids is 1. The SMILES string of the molecule is NC(=O)C(N)c1ccc(/N=N/c2ccccc2O)c(N)n1. The molecular weight excluding hydrogens is 272 g/mol. The Kier molecular flexibility index (Phi) is 4.10. The lowest BCUT2D eigenvalue weighted by Crippen LogP contribution is -2.29. The molecule has 1 atom stereocenters. The van der Waals surface area contributed by atoms with E-state index >= 15 is 0 Å². The fraction of sp³-hybridized carbons (Fsp3) is 0.0769. The number of carbonyl (C=O) groups is 1. The Morgan fingerprint density at radius 2 is 1.81 bits per heavy atom. The standard InChI is InChI=1S/C13H14N6O2/c14-11(13(16)21)8-5-6-9(12(15)17-8)19-18-7-3-1-2-4-10(7)20/h1-6,11,20H,14H2,(H2,15,17)(H2,16,21)/b19-18+. The molecule has 0 saturated heterocycles. The number of pyridine rings is 1. The van der Waals surface area contributed by atoms with Crippen LogP contribution in [-0.2, 0) is 4.79 Å². The van der Waals surface area contributed by atoms with Crippen LogP contribution in [0.1, 0.15) is 11.7 Å². The minimum Gasteiger partial charge on any atom is -0.506 e. The van der Waals surface area contributed by atoms with Gasteiger partial charge in [0.1, 0.15) is 23.2 Å². The fourth-order valence-electron chi connectivity index (χ4n) is 1.54. The molecule has 2 aromatic rings. The molecule has 108 valence electrons. The molecule has 0 fully saturated rings. The quantitative estimate of drug-likeness (QED) is 0.623. The molecule has 7 N–H and O–H groups in total. The molecule has 1 aromatic carbocycles. The van der Waals surface area contributed by atoms with Crippen molar-refractivity contribution in [1.29, 1.82) is 0 Å². The molecular formula is C13H14N6O2. The fourth-order valence-corrected chi connectivity index (χ4v) is 1.54. The summed E-state index contributed by atoms with van der Waals surface area (Å²) in [6, 6.07) is 8.45. The van der Waals surface area contributed by atoms with E-state index in [1.807, 2.05) is 0 Å². The molecule has 0 spiro atoms. The third-order valence-corrected chi connectivity index (χ3v) is 2.70. The number of nitrogen functional groups attached to an aromatic ring is 1. The number of para-hydroxylation sites is 1. The summed E-state index contributed by atoms with van der Waals surface area (Å²) in [5, 5.41) is 17.3. The number of rotatable bonds is 4. The number of hydrogen-bond donors (Lipinski definition) is 4. The lowest BCUT2D eigenvalue weighted by Gasteiger charge is -2.08. The maximum Gasteiger partial charge on any atom is 0.240 e. The van der Waals surface area contributed by atoms with Gasteiger partial charge in [-0.2, -0.15) is 0 Å². The molecule has 8 nitrogen and oxygen atoms in total. The summed E-state index contributed by atoms with van der Waals surface area (Å²) in [5.74, 6) is -0.644. The minimum atomic E-state index is -1.03. The van der Waals surface area contributed by atoms with Gasteiger partial charge in [-0.3, -0.25) is 4.79 Å². The van der Waals surface area contributed by atoms with Crippen LogP contribution in [0.4, 0.5) is 17.2 Å². The first-order valence-corrected chi connectivity index (χ1v) is 6.00. The summed E-state index contributed by atoms with van der Waals surface area (Å²) in [6.45, 7) is 0. The number of hydrogen-bond acceptors (Lipinski definition) is 7. The largest absolute Gasteiger partial charge is 0.506 e. The van der Waals surface area contributed by atoms with E-state index in [2.05, 4.69) is 15.2 Å². The molecule has 0 radical (unpaired) electrons. The van der Waals surface area contributed by atoms with Crippen molar-refractivity contribution in [3.8, 4) is 5.75 Å². The normalized spacial score (nSPS) is 12.4. The molecule has 0 aliphatic carbocycles. The van der Waals surface area contributed by atoms with Crippen molar-refractivity contribution >= 4 is 23.1 Å². The molecule has 0 aliphatic heterocycles. The maximum absolute atomic E-state index is 11.0. The van der Waals surface area contributed by atoms with E-state index in [0.29, 0.717) is 11.4 Å². The van der Waals surface area contributed by atoms with E-state index in [4.69, 9.17) is 17.2 Å². The molecule has 2 rings (SSSR count). The third-order valence-electron chi connectivity index (χ3n) is 2.70. The number of aromatic nitrogens is 1. The number of phenolic OH excluding ortho intramolecular Hbond substituents is 1. The van der Waals surface area contributed by atoms with Crippen LogP contribution in [0.15, 0.2) is 46.6 Å². The predicted octanol–water partition coefficient (Wildman–Crippen LogP) is 1.27. The second kappa shape index (κ2) is 5.97. The summed E-state index contributed by atoms with van der Waals surface area (Å²) in [7, 11) is 0. The monoisotopic (exact) mass is 286 g/mol. The average Bonchev–Trinajstić information content (AvgIpc) is 2.46. The van der Waals surface area contributed by atoms with Crippen LogP contribution in [0.3, 0.4) is 0 Å². The van der Waals surface area contributed by atoms with Gasteiger partial charge in [-0.05, 0) is 24.3 Å². The number of anilines is 1. The predicted molar refractivity (Wildman–Crippen MR) is 77.1 cm³/mol. The average molecular weight is 286 g/mol. The number of nitrogens with two attached hydrogens (primary N) is 3. The first kappa shape index (κ1) is 14.4. The minimum absolute atomic E-state index is 0.000140. The Labute approximate surface area is 120 Å². The summed E-state index contributed by atoms with van der Waals surface area (Å²) in [4.78, 5) is 15.0. The molecule has 1 unspecified atom stereocenters. The summed E-state index contributed by atoms with van der Waals surface area (Å²) < 4.78 is 0. The van der Waals surface area contributed by atoms with Crippen molar-refractivity contribution in [3.63, 3.8) is 0 Å². The summed E-state index contributed by atoms with van der Waals surface area (Å²) >= 11 is 0. The van der Waals surface area contributed by atoms with Crippen LogP contribution in [0.25, 0.3) is 0 Å². The lowest BCUT2D eigenvalue weighted by atomic mass is 10.2. The molecule has 1 amide bonds. The maximum atomic E-state index is 11.0. The van der Waals surface area contributed by atoms with Crippen molar-refractivity contribution in [2.45, 2.75) is 6.04 Å². The number of benzene rings is 1. The number of primary amides is 1. The van der Waals surface area contributed by atoms with Gasteiger partial charge in [0, 0.05) is 0 Å². The van der Waals surface area contributed by atoms with Crippen molar-refractivity contribution < 1.29 is 9.90 Å². The smallest absolute Gasteiger partial charge is 0.240 e. The molecule has 21 heavy (non-hydrogen) atoms. The molecule has 8 heteroatoms. The number of nitrogens with zero attached hydrogens (tertiary/aromatic N) is 3. The van der Waals surface area contributed by atoms with E-state index in [0.717, 1.165) is 0 Å². The Hall–Kier alpha value is -3.00. The first-order valence-electron chi connectivity index (χ1n) is 6.00. The Balaban J connectivity index is 2.26. The second-order valence-corrected chi connectivity index (χ2v) is 4.21. The van der Waals surface area contributed by atoms with Gasteiger partial charge >= 0.3 is 0 Å². The number of amides is 1. The van der Waals surface area contributed by atoms with Gasteiger partial charge in [-0.1, -0.05) is 12.1 Å². The van der Waals surface area contributed by atoms with Crippen LogP contribution in [-0.4, -0.2) is 16.0 Å². The van der Waals surface area contributed by atoms with Gasteiger partial charge in [-0.25, -0.2) is 4.98 Å². The van der Waals surface area contributed by atoms with Gasteiger partial charge in [0.2, 0.25) is 5.91 Å². The first-order chi connectivity index (χ1) is 9.99.